The third-order valence-electron chi connectivity index (χ3n) is 5.87. The average molecular weight is 443 g/mol. The summed E-state index contributed by atoms with van der Waals surface area (Å²) in [6.07, 6.45) is 0.514. The molecule has 1 fully saturated rings. The number of sulfonamides is 1. The molecule has 1 saturated heterocycles. The van der Waals surface area contributed by atoms with Crippen LogP contribution in [0.25, 0.3) is 0 Å². The number of hydrogen-bond donors (Lipinski definition) is 2. The van der Waals surface area contributed by atoms with Gasteiger partial charge in [-0.1, -0.05) is 26.0 Å². The normalized spacial score (nSPS) is 20.2. The number of rotatable bonds is 6. The number of benzene rings is 2. The van der Waals surface area contributed by atoms with Gasteiger partial charge in [0.2, 0.25) is 15.9 Å². The number of fused-ring (bicyclic) bond motifs is 3. The fourth-order valence-corrected chi connectivity index (χ4v) is 5.72. The van der Waals surface area contributed by atoms with Gasteiger partial charge in [-0.3, -0.25) is 9.59 Å². The maximum absolute atomic E-state index is 12.8. The number of nitrogens with one attached hydrogen (secondary N) is 2. The Hall–Kier alpha value is -2.91. The van der Waals surface area contributed by atoms with Gasteiger partial charge in [-0.2, -0.15) is 4.31 Å². The lowest BCUT2D eigenvalue weighted by atomic mass is 10.1. The zero-order chi connectivity index (χ0) is 22.2. The monoisotopic (exact) mass is 442 g/mol. The van der Waals surface area contributed by atoms with Gasteiger partial charge in [-0.15, -0.1) is 0 Å². The summed E-state index contributed by atoms with van der Waals surface area (Å²) in [6, 6.07) is 13.1. The molecule has 4 rings (SSSR count). The predicted octanol–water partition coefficient (Wildman–Crippen LogP) is 2.05. The van der Waals surface area contributed by atoms with Crippen molar-refractivity contribution in [2.45, 2.75) is 37.2 Å². The minimum atomic E-state index is -3.56. The first-order chi connectivity index (χ1) is 14.8. The average Bonchev–Trinajstić information content (AvgIpc) is 3.19. The molecule has 2 amide bonds. The van der Waals surface area contributed by atoms with Crippen LogP contribution in [0.3, 0.4) is 0 Å². The predicted molar refractivity (Wildman–Crippen MR) is 119 cm³/mol. The minimum absolute atomic E-state index is 0.0681. The fourth-order valence-electron chi connectivity index (χ4n) is 4.26. The van der Waals surface area contributed by atoms with Crippen LogP contribution < -0.4 is 15.5 Å². The Balaban J connectivity index is 1.46. The summed E-state index contributed by atoms with van der Waals surface area (Å²) in [7, 11) is -3.56. The molecule has 0 spiro atoms. The molecule has 2 aromatic carbocycles. The zero-order valence-electron chi connectivity index (χ0n) is 17.5. The van der Waals surface area contributed by atoms with E-state index in [2.05, 4.69) is 10.6 Å². The van der Waals surface area contributed by atoms with Crippen LogP contribution in [0, 0.1) is 0 Å². The summed E-state index contributed by atoms with van der Waals surface area (Å²) < 4.78 is 26.6. The van der Waals surface area contributed by atoms with Crippen LogP contribution >= 0.6 is 0 Å². The molecule has 0 aromatic heterocycles. The van der Waals surface area contributed by atoms with E-state index in [1.807, 2.05) is 29.2 Å². The summed E-state index contributed by atoms with van der Waals surface area (Å²) in [5, 5.41) is 5.91. The molecule has 0 bridgehead atoms. The van der Waals surface area contributed by atoms with E-state index in [1.54, 1.807) is 13.8 Å². The topological polar surface area (TPSA) is 98.8 Å². The quantitative estimate of drug-likeness (QED) is 0.713. The van der Waals surface area contributed by atoms with E-state index in [-0.39, 0.29) is 28.8 Å². The SMILES string of the molecule is CCN(CC)S(=O)(=O)c1ccc(C(=O)NC2CC3C(=O)Nc4ccccc4N3C2)cc1. The van der Waals surface area contributed by atoms with Gasteiger partial charge in [0.15, 0.2) is 0 Å². The minimum Gasteiger partial charge on any atom is -0.356 e. The Bertz CT molecular complexity index is 1100. The molecule has 2 aromatic rings. The smallest absolute Gasteiger partial charge is 0.251 e. The molecule has 164 valence electrons. The van der Waals surface area contributed by atoms with Gasteiger partial charge in [0.25, 0.3) is 5.91 Å². The van der Waals surface area contributed by atoms with Crippen molar-refractivity contribution < 1.29 is 18.0 Å². The van der Waals surface area contributed by atoms with E-state index in [0.717, 1.165) is 11.4 Å². The highest BCUT2D eigenvalue weighted by atomic mass is 32.2. The second-order valence-corrected chi connectivity index (χ2v) is 9.63. The van der Waals surface area contributed by atoms with E-state index in [9.17, 15) is 18.0 Å². The zero-order valence-corrected chi connectivity index (χ0v) is 18.4. The van der Waals surface area contributed by atoms with Gasteiger partial charge in [0, 0.05) is 31.2 Å². The summed E-state index contributed by atoms with van der Waals surface area (Å²) in [6.45, 7) is 4.89. The maximum atomic E-state index is 12.8. The second-order valence-electron chi connectivity index (χ2n) is 7.69. The lowest BCUT2D eigenvalue weighted by molar-refractivity contribution is -0.117. The molecule has 2 N–H and O–H groups in total. The molecule has 0 aliphatic carbocycles. The van der Waals surface area contributed by atoms with Crippen LogP contribution in [0.4, 0.5) is 11.4 Å². The van der Waals surface area contributed by atoms with Crippen LogP contribution in [-0.4, -0.2) is 56.3 Å². The molecule has 2 unspecified atom stereocenters. The fraction of sp³-hybridized carbons (Fsp3) is 0.364. The highest BCUT2D eigenvalue weighted by Crippen LogP contribution is 2.36. The van der Waals surface area contributed by atoms with Gasteiger partial charge in [-0.05, 0) is 42.8 Å². The summed E-state index contributed by atoms with van der Waals surface area (Å²) in [4.78, 5) is 27.4. The van der Waals surface area contributed by atoms with E-state index in [0.29, 0.717) is 31.6 Å². The standard InChI is InChI=1S/C22H26N4O4S/c1-3-25(4-2)31(29,30)17-11-9-15(10-12-17)21(27)23-16-13-20-22(28)24-18-7-5-6-8-19(18)26(20)14-16/h5-12,16,20H,3-4,13-14H2,1-2H3,(H,23,27)(H,24,28). The number of carbonyl (C=O) groups excluding carboxylic acids is 2. The van der Waals surface area contributed by atoms with Crippen molar-refractivity contribution in [1.82, 2.24) is 9.62 Å². The van der Waals surface area contributed by atoms with Gasteiger partial charge in [0.05, 0.1) is 16.3 Å². The van der Waals surface area contributed by atoms with E-state index >= 15 is 0 Å². The van der Waals surface area contributed by atoms with Crippen molar-refractivity contribution in [2.24, 2.45) is 0 Å². The molecule has 2 aliphatic heterocycles. The Morgan fingerprint density at radius 1 is 1.13 bits per heavy atom. The van der Waals surface area contributed by atoms with Crippen LogP contribution in [0.1, 0.15) is 30.6 Å². The first kappa shape index (κ1) is 21.3. The van der Waals surface area contributed by atoms with Crippen LogP contribution in [0.5, 0.6) is 0 Å². The Labute approximate surface area is 182 Å². The highest BCUT2D eigenvalue weighted by Gasteiger charge is 2.41. The number of carbonyl (C=O) groups is 2. The number of para-hydroxylation sites is 2. The Kier molecular flexibility index (Phi) is 5.72. The van der Waals surface area contributed by atoms with Crippen molar-refractivity contribution >= 4 is 33.2 Å². The lowest BCUT2D eigenvalue weighted by Crippen LogP contribution is -2.44. The first-order valence-electron chi connectivity index (χ1n) is 10.4. The van der Waals surface area contributed by atoms with Crippen LogP contribution in [0.2, 0.25) is 0 Å². The highest BCUT2D eigenvalue weighted by molar-refractivity contribution is 7.89. The van der Waals surface area contributed by atoms with Gasteiger partial charge in [-0.25, -0.2) is 8.42 Å². The molecule has 2 heterocycles. The molecule has 0 saturated carbocycles. The molecular weight excluding hydrogens is 416 g/mol. The Morgan fingerprint density at radius 2 is 1.81 bits per heavy atom. The molecular formula is C22H26N4O4S. The number of amides is 2. The van der Waals surface area contributed by atoms with Crippen molar-refractivity contribution in [2.75, 3.05) is 29.9 Å². The molecule has 9 heteroatoms. The van der Waals surface area contributed by atoms with Gasteiger partial charge >= 0.3 is 0 Å². The van der Waals surface area contributed by atoms with Crippen LogP contribution in [0.15, 0.2) is 53.4 Å². The summed E-state index contributed by atoms with van der Waals surface area (Å²) in [5.41, 5.74) is 2.11. The van der Waals surface area contributed by atoms with Crippen molar-refractivity contribution in [3.63, 3.8) is 0 Å². The first-order valence-corrected chi connectivity index (χ1v) is 11.9. The number of nitrogens with zero attached hydrogens (tertiary/aromatic N) is 2. The van der Waals surface area contributed by atoms with Crippen molar-refractivity contribution in [3.8, 4) is 0 Å². The molecule has 31 heavy (non-hydrogen) atoms. The third kappa shape index (κ3) is 3.90. The number of anilines is 2. The number of hydrogen-bond acceptors (Lipinski definition) is 5. The maximum Gasteiger partial charge on any atom is 0.251 e. The summed E-state index contributed by atoms with van der Waals surface area (Å²) in [5.74, 6) is -0.355. The molecule has 2 aliphatic rings. The van der Waals surface area contributed by atoms with Crippen molar-refractivity contribution in [3.05, 3.63) is 54.1 Å². The molecule has 2 atom stereocenters. The lowest BCUT2D eigenvalue weighted by Gasteiger charge is -2.32. The van der Waals surface area contributed by atoms with Gasteiger partial charge in [0.1, 0.15) is 6.04 Å². The van der Waals surface area contributed by atoms with Crippen molar-refractivity contribution in [1.29, 1.82) is 0 Å². The van der Waals surface area contributed by atoms with Gasteiger partial charge < -0.3 is 15.5 Å². The van der Waals surface area contributed by atoms with E-state index in [1.165, 1.54) is 28.6 Å². The third-order valence-corrected chi connectivity index (χ3v) is 7.93. The largest absolute Gasteiger partial charge is 0.356 e. The second kappa shape index (κ2) is 8.32. The van der Waals surface area contributed by atoms with E-state index < -0.39 is 10.0 Å². The Morgan fingerprint density at radius 3 is 2.48 bits per heavy atom. The summed E-state index contributed by atoms with van der Waals surface area (Å²) >= 11 is 0. The molecule has 0 radical (unpaired) electrons. The van der Waals surface area contributed by atoms with Crippen LogP contribution in [-0.2, 0) is 14.8 Å². The molecule has 8 nitrogen and oxygen atoms in total. The van der Waals surface area contributed by atoms with E-state index in [4.69, 9.17) is 0 Å².